The average Bonchev–Trinajstić information content (AvgIpc) is 2.77. The van der Waals surface area contributed by atoms with Crippen molar-refractivity contribution in [3.8, 4) is 0 Å². The number of aromatic carboxylic acids is 1. The first-order valence-corrected chi connectivity index (χ1v) is 9.53. The summed E-state index contributed by atoms with van der Waals surface area (Å²) in [5, 5.41) is 23.8. The van der Waals surface area contributed by atoms with E-state index in [4.69, 9.17) is 0 Å². The number of hydrogen-bond donors (Lipinski definition) is 4. The summed E-state index contributed by atoms with van der Waals surface area (Å²) in [5.74, 6) is -3.62. The number of allylic oxidation sites excluding steroid dienone is 2. The van der Waals surface area contributed by atoms with Crippen LogP contribution in [0.15, 0.2) is 84.5 Å². The van der Waals surface area contributed by atoms with E-state index in [9.17, 15) is 29.4 Å². The fraction of sp³-hybridized carbons (Fsp3) is 0.0833. The van der Waals surface area contributed by atoms with Crippen LogP contribution >= 0.6 is 0 Å². The SMILES string of the molecule is C=CC/C(C(=O)Nc1ccc(NC(=O)c2ccccc2C(=O)O)cc1)=C(\C=C/C)C(=O)O. The molecule has 0 fully saturated rings. The second kappa shape index (κ2) is 11.1. The molecular formula is C24H22N2O6. The van der Waals surface area contributed by atoms with Gasteiger partial charge in [-0.25, -0.2) is 9.59 Å². The lowest BCUT2D eigenvalue weighted by Gasteiger charge is -2.11. The summed E-state index contributed by atoms with van der Waals surface area (Å²) < 4.78 is 0. The number of amides is 2. The number of carboxylic acids is 2. The van der Waals surface area contributed by atoms with Gasteiger partial charge >= 0.3 is 11.9 Å². The first-order chi connectivity index (χ1) is 15.3. The van der Waals surface area contributed by atoms with Gasteiger partial charge in [-0.3, -0.25) is 9.59 Å². The summed E-state index contributed by atoms with van der Waals surface area (Å²) in [6.45, 7) is 5.21. The van der Waals surface area contributed by atoms with E-state index in [1.807, 2.05) is 0 Å². The van der Waals surface area contributed by atoms with Gasteiger partial charge < -0.3 is 20.8 Å². The quantitative estimate of drug-likeness (QED) is 0.267. The Bertz CT molecular complexity index is 1110. The highest BCUT2D eigenvalue weighted by Crippen LogP contribution is 2.19. The molecule has 2 amide bonds. The number of rotatable bonds is 9. The maximum absolute atomic E-state index is 12.6. The van der Waals surface area contributed by atoms with Gasteiger partial charge in [-0.05, 0) is 49.7 Å². The summed E-state index contributed by atoms with van der Waals surface area (Å²) >= 11 is 0. The maximum Gasteiger partial charge on any atom is 0.336 e. The molecule has 0 atom stereocenters. The molecule has 0 aliphatic heterocycles. The van der Waals surface area contributed by atoms with Crippen molar-refractivity contribution in [1.29, 1.82) is 0 Å². The molecule has 2 aromatic carbocycles. The van der Waals surface area contributed by atoms with Crippen molar-refractivity contribution in [1.82, 2.24) is 0 Å². The molecule has 2 aromatic rings. The molecule has 0 aliphatic carbocycles. The molecule has 32 heavy (non-hydrogen) atoms. The van der Waals surface area contributed by atoms with E-state index >= 15 is 0 Å². The number of nitrogens with one attached hydrogen (secondary N) is 2. The van der Waals surface area contributed by atoms with Crippen molar-refractivity contribution in [3.63, 3.8) is 0 Å². The Labute approximate surface area is 184 Å². The van der Waals surface area contributed by atoms with E-state index in [0.29, 0.717) is 11.4 Å². The molecule has 0 bridgehead atoms. The number of anilines is 2. The van der Waals surface area contributed by atoms with Crippen LogP contribution in [0.25, 0.3) is 0 Å². The Kier molecular flexibility index (Phi) is 8.24. The highest BCUT2D eigenvalue weighted by molar-refractivity contribution is 6.11. The second-order valence-corrected chi connectivity index (χ2v) is 6.53. The van der Waals surface area contributed by atoms with Gasteiger partial charge in [0.2, 0.25) is 0 Å². The lowest BCUT2D eigenvalue weighted by atomic mass is 10.0. The van der Waals surface area contributed by atoms with Crippen LogP contribution in [0.1, 0.15) is 34.1 Å². The largest absolute Gasteiger partial charge is 0.478 e. The van der Waals surface area contributed by atoms with Crippen molar-refractivity contribution in [2.45, 2.75) is 13.3 Å². The minimum absolute atomic E-state index is 0.0155. The van der Waals surface area contributed by atoms with Crippen LogP contribution in [0.5, 0.6) is 0 Å². The molecule has 0 unspecified atom stereocenters. The van der Waals surface area contributed by atoms with E-state index < -0.39 is 23.8 Å². The van der Waals surface area contributed by atoms with Crippen LogP contribution in [-0.2, 0) is 9.59 Å². The number of carbonyl (C=O) groups excluding carboxylic acids is 2. The zero-order valence-corrected chi connectivity index (χ0v) is 17.3. The molecule has 2 rings (SSSR count). The molecular weight excluding hydrogens is 412 g/mol. The molecule has 4 N–H and O–H groups in total. The standard InChI is InChI=1S/C24H22N2O6/c1-3-7-17(19(8-4-2)23(29)30)21(27)25-15-11-13-16(14-12-15)26-22(28)18-9-5-6-10-20(18)24(31)32/h3-6,8-14H,1,7H2,2H3,(H,25,27)(H,26,28)(H,29,30)(H,31,32)/b8-4-,19-17-. The van der Waals surface area contributed by atoms with Crippen LogP contribution in [-0.4, -0.2) is 34.0 Å². The molecule has 0 saturated carbocycles. The van der Waals surface area contributed by atoms with E-state index in [0.717, 1.165) is 0 Å². The van der Waals surface area contributed by atoms with Crippen LogP contribution in [0.2, 0.25) is 0 Å². The Morgan fingerprint density at radius 1 is 0.906 bits per heavy atom. The Morgan fingerprint density at radius 2 is 1.47 bits per heavy atom. The van der Waals surface area contributed by atoms with Gasteiger partial charge in [0.15, 0.2) is 0 Å². The predicted octanol–water partition coefficient (Wildman–Crippen LogP) is 4.11. The number of benzene rings is 2. The molecule has 0 spiro atoms. The third-order valence-electron chi connectivity index (χ3n) is 4.31. The predicted molar refractivity (Wildman–Crippen MR) is 121 cm³/mol. The topological polar surface area (TPSA) is 133 Å². The van der Waals surface area contributed by atoms with Crippen LogP contribution < -0.4 is 10.6 Å². The molecule has 0 aliphatic rings. The lowest BCUT2D eigenvalue weighted by Crippen LogP contribution is -2.18. The second-order valence-electron chi connectivity index (χ2n) is 6.53. The molecule has 8 heteroatoms. The fourth-order valence-electron chi connectivity index (χ4n) is 2.85. The smallest absolute Gasteiger partial charge is 0.336 e. The molecule has 164 valence electrons. The minimum atomic E-state index is -1.23. The first kappa shape index (κ1) is 23.8. The van der Waals surface area contributed by atoms with Gasteiger partial charge in [0.05, 0.1) is 16.7 Å². The van der Waals surface area contributed by atoms with Crippen LogP contribution in [0, 0.1) is 0 Å². The van der Waals surface area contributed by atoms with E-state index in [2.05, 4.69) is 17.2 Å². The zero-order valence-electron chi connectivity index (χ0n) is 17.3. The van der Waals surface area contributed by atoms with Crippen LogP contribution in [0.3, 0.4) is 0 Å². The Hall–Kier alpha value is -4.46. The van der Waals surface area contributed by atoms with Gasteiger partial charge in [-0.15, -0.1) is 6.58 Å². The van der Waals surface area contributed by atoms with Gasteiger partial charge in [0, 0.05) is 16.9 Å². The van der Waals surface area contributed by atoms with Crippen molar-refractivity contribution in [2.75, 3.05) is 10.6 Å². The van der Waals surface area contributed by atoms with Gasteiger partial charge in [0.25, 0.3) is 11.8 Å². The third kappa shape index (κ3) is 6.02. The van der Waals surface area contributed by atoms with E-state index in [1.165, 1.54) is 60.7 Å². The Balaban J connectivity index is 2.19. The zero-order chi connectivity index (χ0) is 23.7. The highest BCUT2D eigenvalue weighted by atomic mass is 16.4. The molecule has 8 nitrogen and oxygen atoms in total. The van der Waals surface area contributed by atoms with E-state index in [-0.39, 0.29) is 28.7 Å². The third-order valence-corrected chi connectivity index (χ3v) is 4.31. The summed E-state index contributed by atoms with van der Waals surface area (Å²) in [6.07, 6.45) is 4.37. The Morgan fingerprint density at radius 3 is 1.97 bits per heavy atom. The molecule has 0 radical (unpaired) electrons. The number of aliphatic carboxylic acids is 1. The summed E-state index contributed by atoms with van der Waals surface area (Å²) in [4.78, 5) is 47.9. The lowest BCUT2D eigenvalue weighted by molar-refractivity contribution is -0.132. The normalized spacial score (nSPS) is 11.4. The average molecular weight is 434 g/mol. The number of carboxylic acid groups (broad SMARTS) is 2. The molecule has 0 heterocycles. The number of carbonyl (C=O) groups is 4. The summed E-state index contributed by atoms with van der Waals surface area (Å²) in [5.41, 5.74) is 0.576. The van der Waals surface area contributed by atoms with Crippen LogP contribution in [0.4, 0.5) is 11.4 Å². The molecule has 0 aromatic heterocycles. The minimum Gasteiger partial charge on any atom is -0.478 e. The van der Waals surface area contributed by atoms with Crippen molar-refractivity contribution in [2.24, 2.45) is 0 Å². The van der Waals surface area contributed by atoms with Gasteiger partial charge in [0.1, 0.15) is 0 Å². The van der Waals surface area contributed by atoms with Gasteiger partial charge in [-0.2, -0.15) is 0 Å². The monoisotopic (exact) mass is 434 g/mol. The highest BCUT2D eigenvalue weighted by Gasteiger charge is 2.18. The van der Waals surface area contributed by atoms with E-state index in [1.54, 1.807) is 13.0 Å². The fourth-order valence-corrected chi connectivity index (χ4v) is 2.85. The maximum atomic E-state index is 12.6. The number of hydrogen-bond acceptors (Lipinski definition) is 4. The summed E-state index contributed by atoms with van der Waals surface area (Å²) in [6, 6.07) is 11.9. The van der Waals surface area contributed by atoms with Crippen molar-refractivity contribution >= 4 is 35.1 Å². The summed E-state index contributed by atoms with van der Waals surface area (Å²) in [7, 11) is 0. The molecule has 0 saturated heterocycles. The van der Waals surface area contributed by atoms with Crippen molar-refractivity contribution < 1.29 is 29.4 Å². The van der Waals surface area contributed by atoms with Crippen molar-refractivity contribution in [3.05, 3.63) is 95.6 Å². The van der Waals surface area contributed by atoms with Gasteiger partial charge in [-0.1, -0.05) is 30.4 Å². The first-order valence-electron chi connectivity index (χ1n) is 9.53.